The Hall–Kier alpha value is -3.03. The predicted molar refractivity (Wildman–Crippen MR) is 66.5 cm³/mol. The second-order valence-electron chi connectivity index (χ2n) is 3.92. The number of ether oxygens (including phenoxy) is 1. The van der Waals surface area contributed by atoms with Crippen LogP contribution in [0.5, 0.6) is 11.5 Å². The highest BCUT2D eigenvalue weighted by Crippen LogP contribution is 2.29. The van der Waals surface area contributed by atoms with Gasteiger partial charge in [-0.15, -0.1) is 0 Å². The average molecular weight is 295 g/mol. The summed E-state index contributed by atoms with van der Waals surface area (Å²) in [4.78, 5) is 20.5. The van der Waals surface area contributed by atoms with Gasteiger partial charge in [-0.2, -0.15) is 4.39 Å². The van der Waals surface area contributed by atoms with Crippen LogP contribution in [0, 0.1) is 21.7 Å². The molecule has 1 N–H and O–H groups in total. The van der Waals surface area contributed by atoms with Gasteiger partial charge in [0.15, 0.2) is 0 Å². The Labute approximate surface area is 116 Å². The second-order valence-corrected chi connectivity index (χ2v) is 3.92. The summed E-state index contributed by atoms with van der Waals surface area (Å²) in [5.41, 5.74) is -1.19. The van der Waals surface area contributed by atoms with Crippen molar-refractivity contribution in [3.05, 3.63) is 63.7 Å². The molecule has 0 spiro atoms. The van der Waals surface area contributed by atoms with E-state index in [1.807, 2.05) is 0 Å². The van der Waals surface area contributed by atoms with E-state index in [4.69, 9.17) is 9.84 Å². The van der Waals surface area contributed by atoms with Crippen molar-refractivity contribution in [2.75, 3.05) is 0 Å². The molecule has 0 fully saturated rings. The highest BCUT2D eigenvalue weighted by molar-refractivity contribution is 5.91. The fraction of sp³-hybridized carbons (Fsp3) is 0. The number of aromatic carboxylic acids is 1. The topological polar surface area (TPSA) is 89.7 Å². The molecule has 0 aliphatic rings. The lowest BCUT2D eigenvalue weighted by atomic mass is 10.2. The summed E-state index contributed by atoms with van der Waals surface area (Å²) in [6.07, 6.45) is 0. The van der Waals surface area contributed by atoms with E-state index in [2.05, 4.69) is 0 Å². The van der Waals surface area contributed by atoms with E-state index in [9.17, 15) is 23.7 Å². The summed E-state index contributed by atoms with van der Waals surface area (Å²) in [5.74, 6) is -3.68. The molecule has 0 saturated carbocycles. The minimum Gasteiger partial charge on any atom is -0.478 e. The van der Waals surface area contributed by atoms with Gasteiger partial charge in [0.25, 0.3) is 0 Å². The third kappa shape index (κ3) is 3.11. The smallest absolute Gasteiger partial charge is 0.339 e. The van der Waals surface area contributed by atoms with Gasteiger partial charge in [0, 0.05) is 12.1 Å². The zero-order chi connectivity index (χ0) is 15.6. The number of halogens is 2. The molecule has 8 heteroatoms. The summed E-state index contributed by atoms with van der Waals surface area (Å²) in [7, 11) is 0. The molecule has 0 unspecified atom stereocenters. The van der Waals surface area contributed by atoms with Gasteiger partial charge in [0.05, 0.1) is 4.92 Å². The van der Waals surface area contributed by atoms with Gasteiger partial charge < -0.3 is 9.84 Å². The standard InChI is InChI=1S/C13H7F2NO5/c14-7-1-4-12(9(5-7)13(17)18)21-8-2-3-11(16(19)20)10(15)6-8/h1-6H,(H,17,18). The molecule has 6 nitrogen and oxygen atoms in total. The Morgan fingerprint density at radius 2 is 1.90 bits per heavy atom. The highest BCUT2D eigenvalue weighted by atomic mass is 19.1. The summed E-state index contributed by atoms with van der Waals surface area (Å²) in [6, 6.07) is 5.53. The number of rotatable bonds is 4. The van der Waals surface area contributed by atoms with Crippen molar-refractivity contribution in [1.29, 1.82) is 0 Å². The Morgan fingerprint density at radius 1 is 1.19 bits per heavy atom. The number of hydrogen-bond acceptors (Lipinski definition) is 4. The molecule has 108 valence electrons. The van der Waals surface area contributed by atoms with Gasteiger partial charge in [-0.1, -0.05) is 0 Å². The van der Waals surface area contributed by atoms with Crippen LogP contribution in [0.15, 0.2) is 36.4 Å². The van der Waals surface area contributed by atoms with Gasteiger partial charge in [0.2, 0.25) is 5.82 Å². The molecule has 21 heavy (non-hydrogen) atoms. The number of benzene rings is 2. The number of nitrogens with zero attached hydrogens (tertiary/aromatic N) is 1. The number of carbonyl (C=O) groups is 1. The summed E-state index contributed by atoms with van der Waals surface area (Å²) in [6.45, 7) is 0. The number of nitro benzene ring substituents is 1. The van der Waals surface area contributed by atoms with E-state index in [1.165, 1.54) is 0 Å². The van der Waals surface area contributed by atoms with E-state index < -0.39 is 33.8 Å². The van der Waals surface area contributed by atoms with Crippen LogP contribution in [0.4, 0.5) is 14.5 Å². The van der Waals surface area contributed by atoms with Crippen LogP contribution < -0.4 is 4.74 Å². The van der Waals surface area contributed by atoms with Gasteiger partial charge >= 0.3 is 11.7 Å². The first-order valence-electron chi connectivity index (χ1n) is 5.53. The van der Waals surface area contributed by atoms with Crippen LogP contribution in [0.3, 0.4) is 0 Å². The highest BCUT2D eigenvalue weighted by Gasteiger charge is 2.17. The van der Waals surface area contributed by atoms with Crippen molar-refractivity contribution in [1.82, 2.24) is 0 Å². The van der Waals surface area contributed by atoms with Gasteiger partial charge in [-0.25, -0.2) is 9.18 Å². The zero-order valence-electron chi connectivity index (χ0n) is 10.2. The normalized spacial score (nSPS) is 10.2. The lowest BCUT2D eigenvalue weighted by molar-refractivity contribution is -0.387. The first kappa shape index (κ1) is 14.4. The van der Waals surface area contributed by atoms with E-state index in [0.29, 0.717) is 0 Å². The third-order valence-electron chi connectivity index (χ3n) is 2.52. The van der Waals surface area contributed by atoms with Crippen LogP contribution >= 0.6 is 0 Å². The Kier molecular flexibility index (Phi) is 3.79. The van der Waals surface area contributed by atoms with Gasteiger partial charge in [-0.3, -0.25) is 10.1 Å². The van der Waals surface area contributed by atoms with Crippen molar-refractivity contribution >= 4 is 11.7 Å². The molecule has 0 heterocycles. The Bertz CT molecular complexity index is 732. The molecular weight excluding hydrogens is 288 g/mol. The Morgan fingerprint density at radius 3 is 2.48 bits per heavy atom. The monoisotopic (exact) mass is 295 g/mol. The van der Waals surface area contributed by atoms with E-state index in [0.717, 1.165) is 36.4 Å². The predicted octanol–water partition coefficient (Wildman–Crippen LogP) is 3.36. The molecular formula is C13H7F2NO5. The average Bonchev–Trinajstić information content (AvgIpc) is 2.40. The molecule has 0 aliphatic carbocycles. The molecule has 0 radical (unpaired) electrons. The van der Waals surface area contributed by atoms with Crippen molar-refractivity contribution in [3.63, 3.8) is 0 Å². The quantitative estimate of drug-likeness (QED) is 0.690. The maximum absolute atomic E-state index is 13.4. The molecule has 0 aromatic heterocycles. The fourth-order valence-electron chi connectivity index (χ4n) is 1.58. The zero-order valence-corrected chi connectivity index (χ0v) is 10.2. The first-order valence-corrected chi connectivity index (χ1v) is 5.53. The largest absolute Gasteiger partial charge is 0.478 e. The van der Waals surface area contributed by atoms with Crippen LogP contribution in [0.25, 0.3) is 0 Å². The van der Waals surface area contributed by atoms with Crippen molar-refractivity contribution in [2.24, 2.45) is 0 Å². The van der Waals surface area contributed by atoms with Gasteiger partial charge in [-0.05, 0) is 24.3 Å². The van der Waals surface area contributed by atoms with E-state index in [-0.39, 0.29) is 11.5 Å². The van der Waals surface area contributed by atoms with Crippen LogP contribution in [0.1, 0.15) is 10.4 Å². The van der Waals surface area contributed by atoms with Crippen LogP contribution in [-0.2, 0) is 0 Å². The van der Waals surface area contributed by atoms with Crippen LogP contribution in [-0.4, -0.2) is 16.0 Å². The summed E-state index contributed by atoms with van der Waals surface area (Å²) < 4.78 is 31.6. The third-order valence-corrected chi connectivity index (χ3v) is 2.52. The van der Waals surface area contributed by atoms with Crippen molar-refractivity contribution in [2.45, 2.75) is 0 Å². The lowest BCUT2D eigenvalue weighted by Crippen LogP contribution is -2.01. The number of carboxylic acids is 1. The van der Waals surface area contributed by atoms with E-state index >= 15 is 0 Å². The minimum atomic E-state index is -1.42. The first-order chi connectivity index (χ1) is 9.88. The number of nitro groups is 1. The minimum absolute atomic E-state index is 0.146. The molecule has 0 bridgehead atoms. The lowest BCUT2D eigenvalue weighted by Gasteiger charge is -2.08. The SMILES string of the molecule is O=C(O)c1cc(F)ccc1Oc1ccc([N+](=O)[O-])c(F)c1. The summed E-state index contributed by atoms with van der Waals surface area (Å²) in [5, 5.41) is 19.4. The van der Waals surface area contributed by atoms with Crippen molar-refractivity contribution < 1.29 is 28.3 Å². The number of hydrogen-bond donors (Lipinski definition) is 1. The molecule has 0 aliphatic heterocycles. The molecule has 0 saturated heterocycles. The Balaban J connectivity index is 2.37. The maximum Gasteiger partial charge on any atom is 0.339 e. The molecule has 2 rings (SSSR count). The molecule has 2 aromatic rings. The molecule has 0 atom stereocenters. The number of carboxylic acid groups (broad SMARTS) is 1. The van der Waals surface area contributed by atoms with E-state index in [1.54, 1.807) is 0 Å². The maximum atomic E-state index is 13.4. The molecule has 0 amide bonds. The van der Waals surface area contributed by atoms with Crippen LogP contribution in [0.2, 0.25) is 0 Å². The fourth-order valence-corrected chi connectivity index (χ4v) is 1.58. The van der Waals surface area contributed by atoms with Gasteiger partial charge in [0.1, 0.15) is 22.9 Å². The van der Waals surface area contributed by atoms with Crippen molar-refractivity contribution in [3.8, 4) is 11.5 Å². The molecule has 2 aromatic carbocycles. The summed E-state index contributed by atoms with van der Waals surface area (Å²) >= 11 is 0. The second kappa shape index (κ2) is 5.53.